The Morgan fingerprint density at radius 2 is 1.64 bits per heavy atom. The third-order valence-corrected chi connectivity index (χ3v) is 4.99. The van der Waals surface area contributed by atoms with Crippen molar-refractivity contribution >= 4 is 21.7 Å². The maximum atomic E-state index is 10.6. The molecule has 0 spiro atoms. The lowest BCUT2D eigenvalue weighted by atomic mass is 9.86. The number of aromatic nitrogens is 1. The molecule has 0 aliphatic carbocycles. The number of aryl methyl sites for hydroxylation is 1. The first-order chi connectivity index (χ1) is 11.9. The Labute approximate surface area is 148 Å². The van der Waals surface area contributed by atoms with Crippen LogP contribution in [-0.4, -0.2) is 9.67 Å². The zero-order valence-corrected chi connectivity index (χ0v) is 15.2. The summed E-state index contributed by atoms with van der Waals surface area (Å²) >= 11 is 0. The molecule has 25 heavy (non-hydrogen) atoms. The molecule has 0 aliphatic heterocycles. The highest BCUT2D eigenvalue weighted by Crippen LogP contribution is 2.36. The molecule has 126 valence electrons. The Morgan fingerprint density at radius 1 is 0.880 bits per heavy atom. The van der Waals surface area contributed by atoms with Crippen molar-refractivity contribution < 1.29 is 5.11 Å². The van der Waals surface area contributed by atoms with Crippen LogP contribution in [0.4, 0.5) is 0 Å². The molecule has 0 radical (unpaired) electrons. The van der Waals surface area contributed by atoms with E-state index in [-0.39, 0.29) is 5.41 Å². The van der Waals surface area contributed by atoms with Gasteiger partial charge in [0.05, 0.1) is 11.2 Å². The topological polar surface area (TPSA) is 25.2 Å². The van der Waals surface area contributed by atoms with Crippen LogP contribution in [0.15, 0.2) is 60.8 Å². The number of phenols is 1. The number of benzene rings is 3. The molecule has 2 nitrogen and oxygen atoms in total. The summed E-state index contributed by atoms with van der Waals surface area (Å²) in [4.78, 5) is 0. The van der Waals surface area contributed by atoms with Crippen LogP contribution in [-0.2, 0) is 5.41 Å². The molecule has 0 fully saturated rings. The number of hydrogen-bond acceptors (Lipinski definition) is 1. The highest BCUT2D eigenvalue weighted by Gasteiger charge is 2.18. The van der Waals surface area contributed by atoms with Crippen LogP contribution >= 0.6 is 0 Å². The number of rotatable bonds is 1. The summed E-state index contributed by atoms with van der Waals surface area (Å²) in [6, 6.07) is 18.6. The maximum Gasteiger partial charge on any atom is 0.140 e. The molecule has 0 atom stereocenters. The maximum absolute atomic E-state index is 10.6. The fourth-order valence-electron chi connectivity index (χ4n) is 3.55. The molecule has 4 aromatic rings. The first-order valence-corrected chi connectivity index (χ1v) is 8.69. The van der Waals surface area contributed by atoms with Crippen molar-refractivity contribution in [2.45, 2.75) is 33.1 Å². The second kappa shape index (κ2) is 5.38. The number of phenolic OH excluding ortho intramolecular Hbond substituents is 1. The molecule has 0 unspecified atom stereocenters. The molecule has 0 aliphatic rings. The van der Waals surface area contributed by atoms with E-state index in [9.17, 15) is 5.11 Å². The monoisotopic (exact) mass is 329 g/mol. The Kier molecular flexibility index (Phi) is 3.40. The lowest BCUT2D eigenvalue weighted by Gasteiger charge is -2.20. The first-order valence-electron chi connectivity index (χ1n) is 8.69. The Balaban J connectivity index is 2.10. The quantitative estimate of drug-likeness (QED) is 0.449. The predicted octanol–water partition coefficient (Wildman–Crippen LogP) is 6.10. The van der Waals surface area contributed by atoms with Crippen molar-refractivity contribution in [2.75, 3.05) is 0 Å². The van der Waals surface area contributed by atoms with Crippen molar-refractivity contribution in [1.82, 2.24) is 4.57 Å². The van der Waals surface area contributed by atoms with Crippen LogP contribution in [0.1, 0.15) is 31.9 Å². The van der Waals surface area contributed by atoms with Crippen LogP contribution in [0.5, 0.6) is 5.75 Å². The molecular weight excluding hydrogens is 306 g/mol. The molecule has 2 heteroatoms. The summed E-state index contributed by atoms with van der Waals surface area (Å²) in [5.74, 6) is 0.303. The van der Waals surface area contributed by atoms with Crippen molar-refractivity contribution in [2.24, 2.45) is 0 Å². The van der Waals surface area contributed by atoms with E-state index < -0.39 is 0 Å². The van der Waals surface area contributed by atoms with Gasteiger partial charge in [-0.3, -0.25) is 0 Å². The smallest absolute Gasteiger partial charge is 0.140 e. The first kappa shape index (κ1) is 15.8. The van der Waals surface area contributed by atoms with Gasteiger partial charge in [-0.25, -0.2) is 0 Å². The van der Waals surface area contributed by atoms with E-state index in [2.05, 4.69) is 68.8 Å². The summed E-state index contributed by atoms with van der Waals surface area (Å²) in [5.41, 5.74) is 4.57. The van der Waals surface area contributed by atoms with Gasteiger partial charge < -0.3 is 9.67 Å². The van der Waals surface area contributed by atoms with Crippen molar-refractivity contribution in [3.8, 4) is 11.4 Å². The zero-order valence-electron chi connectivity index (χ0n) is 15.2. The largest absolute Gasteiger partial charge is 0.506 e. The van der Waals surface area contributed by atoms with E-state index in [4.69, 9.17) is 0 Å². The standard InChI is InChI=1S/C23H23NO/c1-15-14-24(20-13-17(23(2,3)4)10-11-18(15)20)22-19-8-6-5-7-16(19)9-12-21(22)25/h5-14,25H,1-4H3. The number of nitrogens with zero attached hydrogens (tertiary/aromatic N) is 1. The van der Waals surface area contributed by atoms with Gasteiger partial charge >= 0.3 is 0 Å². The van der Waals surface area contributed by atoms with E-state index in [0.717, 1.165) is 22.0 Å². The second-order valence-electron chi connectivity index (χ2n) is 7.82. The van der Waals surface area contributed by atoms with Gasteiger partial charge in [-0.1, -0.05) is 63.2 Å². The molecule has 0 saturated heterocycles. The van der Waals surface area contributed by atoms with Crippen molar-refractivity contribution in [3.63, 3.8) is 0 Å². The number of fused-ring (bicyclic) bond motifs is 2. The molecule has 0 saturated carbocycles. The van der Waals surface area contributed by atoms with Gasteiger partial charge in [-0.2, -0.15) is 0 Å². The molecule has 0 bridgehead atoms. The minimum Gasteiger partial charge on any atom is -0.506 e. The Hall–Kier alpha value is -2.74. The van der Waals surface area contributed by atoms with Crippen molar-refractivity contribution in [1.29, 1.82) is 0 Å². The van der Waals surface area contributed by atoms with E-state index in [1.165, 1.54) is 16.5 Å². The minimum atomic E-state index is 0.0813. The fraction of sp³-hybridized carbons (Fsp3) is 0.217. The molecule has 1 heterocycles. The van der Waals surface area contributed by atoms with Crippen LogP contribution in [0.2, 0.25) is 0 Å². The highest BCUT2D eigenvalue weighted by molar-refractivity contribution is 5.96. The van der Waals surface area contributed by atoms with Crippen LogP contribution in [0, 0.1) is 6.92 Å². The molecule has 1 aromatic heterocycles. The van der Waals surface area contributed by atoms with Gasteiger partial charge in [0, 0.05) is 17.0 Å². The van der Waals surface area contributed by atoms with Gasteiger partial charge in [0.1, 0.15) is 5.75 Å². The van der Waals surface area contributed by atoms with E-state index >= 15 is 0 Å². The Bertz CT molecular complexity index is 1100. The summed E-state index contributed by atoms with van der Waals surface area (Å²) in [7, 11) is 0. The molecule has 0 amide bonds. The number of hydrogen-bond donors (Lipinski definition) is 1. The molecule has 1 N–H and O–H groups in total. The fourth-order valence-corrected chi connectivity index (χ4v) is 3.55. The molecular formula is C23H23NO. The third-order valence-electron chi connectivity index (χ3n) is 4.99. The normalized spacial score (nSPS) is 12.2. The van der Waals surface area contributed by atoms with Crippen molar-refractivity contribution in [3.05, 3.63) is 71.9 Å². The summed E-state index contributed by atoms with van der Waals surface area (Å²) in [6.07, 6.45) is 2.12. The lowest BCUT2D eigenvalue weighted by molar-refractivity contribution is 0.473. The van der Waals surface area contributed by atoms with Gasteiger partial charge in [0.25, 0.3) is 0 Å². The minimum absolute atomic E-state index is 0.0813. The average Bonchev–Trinajstić information content (AvgIpc) is 2.90. The van der Waals surface area contributed by atoms with Crippen LogP contribution in [0.25, 0.3) is 27.4 Å². The van der Waals surface area contributed by atoms with Crippen LogP contribution in [0.3, 0.4) is 0 Å². The van der Waals surface area contributed by atoms with Gasteiger partial charge in [0.2, 0.25) is 0 Å². The van der Waals surface area contributed by atoms with Gasteiger partial charge in [0.15, 0.2) is 0 Å². The average molecular weight is 329 g/mol. The SMILES string of the molecule is Cc1cn(-c2c(O)ccc3ccccc23)c2cc(C(C)(C)C)ccc12. The van der Waals surface area contributed by atoms with E-state index in [0.29, 0.717) is 5.75 Å². The summed E-state index contributed by atoms with van der Waals surface area (Å²) in [5, 5.41) is 14.0. The Morgan fingerprint density at radius 3 is 2.40 bits per heavy atom. The summed E-state index contributed by atoms with van der Waals surface area (Å²) in [6.45, 7) is 8.80. The highest BCUT2D eigenvalue weighted by atomic mass is 16.3. The lowest BCUT2D eigenvalue weighted by Crippen LogP contribution is -2.10. The molecule has 3 aromatic carbocycles. The van der Waals surface area contributed by atoms with E-state index in [1.54, 1.807) is 6.07 Å². The predicted molar refractivity (Wildman–Crippen MR) is 106 cm³/mol. The number of aromatic hydroxyl groups is 1. The van der Waals surface area contributed by atoms with Crippen LogP contribution < -0.4 is 0 Å². The third kappa shape index (κ3) is 2.49. The molecule has 4 rings (SSSR count). The second-order valence-corrected chi connectivity index (χ2v) is 7.82. The van der Waals surface area contributed by atoms with Gasteiger partial charge in [-0.05, 0) is 41.0 Å². The van der Waals surface area contributed by atoms with E-state index in [1.807, 2.05) is 18.2 Å². The summed E-state index contributed by atoms with van der Waals surface area (Å²) < 4.78 is 2.14. The van der Waals surface area contributed by atoms with Gasteiger partial charge in [-0.15, -0.1) is 0 Å². The zero-order chi connectivity index (χ0) is 17.8.